The maximum Gasteiger partial charge on any atom is 0.410 e. The van der Waals surface area contributed by atoms with E-state index in [1.165, 1.54) is 0 Å². The van der Waals surface area contributed by atoms with Crippen LogP contribution in [0.15, 0.2) is 48.8 Å². The summed E-state index contributed by atoms with van der Waals surface area (Å²) in [6, 6.07) is 14.2. The van der Waals surface area contributed by atoms with E-state index in [0.717, 1.165) is 54.3 Å². The van der Waals surface area contributed by atoms with Gasteiger partial charge in [0.2, 0.25) is 0 Å². The third-order valence-corrected chi connectivity index (χ3v) is 7.09. The van der Waals surface area contributed by atoms with Gasteiger partial charge in [0.05, 0.1) is 5.52 Å². The lowest BCUT2D eigenvalue weighted by Crippen LogP contribution is -2.73. The first-order chi connectivity index (χ1) is 17.1. The van der Waals surface area contributed by atoms with Crippen LogP contribution in [0.2, 0.25) is 5.02 Å². The zero-order valence-corrected chi connectivity index (χ0v) is 21.5. The molecule has 0 bridgehead atoms. The lowest BCUT2D eigenvalue weighted by Gasteiger charge is -2.60. The van der Waals surface area contributed by atoms with Crippen molar-refractivity contribution in [2.45, 2.75) is 26.4 Å². The molecule has 2 aromatic heterocycles. The number of aromatic nitrogens is 4. The maximum absolute atomic E-state index is 12.3. The average Bonchev–Trinajstić information content (AvgIpc) is 3.24. The summed E-state index contributed by atoms with van der Waals surface area (Å²) in [6.07, 6.45) is 1.43. The summed E-state index contributed by atoms with van der Waals surface area (Å²) in [7, 11) is 2.00. The number of carbonyl (C=O) groups excluding carboxylic acids is 1. The third kappa shape index (κ3) is 3.87. The first-order valence-corrected chi connectivity index (χ1v) is 12.3. The molecule has 1 amide bonds. The summed E-state index contributed by atoms with van der Waals surface area (Å²) in [4.78, 5) is 23.3. The summed E-state index contributed by atoms with van der Waals surface area (Å²) in [6.45, 7) is 9.02. The van der Waals surface area contributed by atoms with Crippen LogP contribution >= 0.6 is 11.6 Å². The standard InChI is InChI=1S/C26H28ClN7O2/c1-25(2,3)36-24(35)33-14-26(15-33)12-32(13-26)19-7-5-6-18(11-19)31(4)22-20-9-8-17(27)10-21(20)34-16-28-30-23(34)29-22/h5-11,16H,12-15H2,1-4H3. The molecule has 1 spiro atoms. The first-order valence-electron chi connectivity index (χ1n) is 12.0. The number of likely N-dealkylation sites (tertiary alicyclic amines) is 1. The molecule has 6 rings (SSSR count). The fourth-order valence-corrected chi connectivity index (χ4v) is 5.33. The molecule has 4 heterocycles. The Kier molecular flexibility index (Phi) is 5.05. The SMILES string of the molecule is CN(c1cccc(N2CC3(CN(C(=O)OC(C)(C)C)C3)C2)c1)c1nc2nncn2c2cc(Cl)ccc12. The molecule has 10 heteroatoms. The number of amides is 1. The number of rotatable bonds is 3. The van der Waals surface area contributed by atoms with E-state index in [1.807, 2.05) is 50.4 Å². The molecular formula is C26H28ClN7O2. The number of carbonyl (C=O) groups is 1. The quantitative estimate of drug-likeness (QED) is 0.397. The van der Waals surface area contributed by atoms with E-state index in [-0.39, 0.29) is 11.5 Å². The third-order valence-electron chi connectivity index (χ3n) is 6.85. The predicted octanol–water partition coefficient (Wildman–Crippen LogP) is 4.76. The second-order valence-electron chi connectivity index (χ2n) is 10.9. The van der Waals surface area contributed by atoms with Gasteiger partial charge in [-0.2, -0.15) is 4.98 Å². The van der Waals surface area contributed by atoms with Crippen LogP contribution in [0, 0.1) is 5.41 Å². The van der Waals surface area contributed by atoms with Crippen molar-refractivity contribution in [2.75, 3.05) is 43.0 Å². The number of ether oxygens (including phenoxy) is 1. The number of benzene rings is 2. The van der Waals surface area contributed by atoms with E-state index in [2.05, 4.69) is 44.3 Å². The molecule has 4 aromatic rings. The number of hydrogen-bond donors (Lipinski definition) is 0. The number of halogens is 1. The second-order valence-corrected chi connectivity index (χ2v) is 11.3. The normalized spacial score (nSPS) is 16.8. The highest BCUT2D eigenvalue weighted by molar-refractivity contribution is 6.31. The Bertz CT molecular complexity index is 1480. The van der Waals surface area contributed by atoms with Gasteiger partial charge in [-0.1, -0.05) is 17.7 Å². The molecule has 2 fully saturated rings. The summed E-state index contributed by atoms with van der Waals surface area (Å²) in [5, 5.41) is 9.78. The minimum Gasteiger partial charge on any atom is -0.444 e. The molecule has 0 atom stereocenters. The fraction of sp³-hybridized carbons (Fsp3) is 0.385. The van der Waals surface area contributed by atoms with Crippen molar-refractivity contribution in [2.24, 2.45) is 5.41 Å². The smallest absolute Gasteiger partial charge is 0.410 e. The van der Waals surface area contributed by atoms with Gasteiger partial charge in [-0.25, -0.2) is 4.79 Å². The topological polar surface area (TPSA) is 79.1 Å². The van der Waals surface area contributed by atoms with E-state index in [1.54, 1.807) is 11.2 Å². The largest absolute Gasteiger partial charge is 0.444 e. The van der Waals surface area contributed by atoms with Crippen LogP contribution in [-0.2, 0) is 4.74 Å². The molecule has 2 saturated heterocycles. The van der Waals surface area contributed by atoms with Gasteiger partial charge in [0, 0.05) is 60.4 Å². The van der Waals surface area contributed by atoms with E-state index < -0.39 is 5.60 Å². The summed E-state index contributed by atoms with van der Waals surface area (Å²) < 4.78 is 7.34. The van der Waals surface area contributed by atoms with Gasteiger partial charge in [0.25, 0.3) is 5.78 Å². The van der Waals surface area contributed by atoms with Crippen molar-refractivity contribution in [3.63, 3.8) is 0 Å². The number of fused-ring (bicyclic) bond motifs is 3. The molecule has 186 valence electrons. The zero-order valence-electron chi connectivity index (χ0n) is 20.8. The molecule has 0 saturated carbocycles. The van der Waals surface area contributed by atoms with Crippen LogP contribution < -0.4 is 9.80 Å². The summed E-state index contributed by atoms with van der Waals surface area (Å²) >= 11 is 6.28. The highest BCUT2D eigenvalue weighted by Gasteiger charge is 2.54. The van der Waals surface area contributed by atoms with Crippen molar-refractivity contribution in [3.05, 3.63) is 53.8 Å². The van der Waals surface area contributed by atoms with E-state index in [0.29, 0.717) is 10.8 Å². The molecule has 0 radical (unpaired) electrons. The Hall–Kier alpha value is -3.59. The van der Waals surface area contributed by atoms with Crippen molar-refractivity contribution >= 4 is 51.6 Å². The number of hydrogen-bond acceptors (Lipinski definition) is 7. The van der Waals surface area contributed by atoms with Crippen LogP contribution in [-0.4, -0.2) is 69.4 Å². The van der Waals surface area contributed by atoms with Crippen molar-refractivity contribution < 1.29 is 9.53 Å². The maximum atomic E-state index is 12.3. The monoisotopic (exact) mass is 505 g/mol. The Morgan fingerprint density at radius 3 is 2.64 bits per heavy atom. The first kappa shape index (κ1) is 22.8. The highest BCUT2D eigenvalue weighted by atomic mass is 35.5. The van der Waals surface area contributed by atoms with Crippen LogP contribution in [0.1, 0.15) is 20.8 Å². The van der Waals surface area contributed by atoms with Crippen molar-refractivity contribution in [1.29, 1.82) is 0 Å². The van der Waals surface area contributed by atoms with Crippen LogP contribution in [0.5, 0.6) is 0 Å². The van der Waals surface area contributed by atoms with Crippen LogP contribution in [0.3, 0.4) is 0 Å². The molecule has 0 N–H and O–H groups in total. The molecule has 0 unspecified atom stereocenters. The molecule has 2 aliphatic rings. The van der Waals surface area contributed by atoms with Gasteiger partial charge in [-0.3, -0.25) is 4.40 Å². The highest BCUT2D eigenvalue weighted by Crippen LogP contribution is 2.43. The molecule has 36 heavy (non-hydrogen) atoms. The lowest BCUT2D eigenvalue weighted by atomic mass is 9.73. The number of anilines is 3. The molecular weight excluding hydrogens is 478 g/mol. The van der Waals surface area contributed by atoms with Gasteiger partial charge < -0.3 is 19.4 Å². The van der Waals surface area contributed by atoms with E-state index in [4.69, 9.17) is 21.3 Å². The second kappa shape index (κ2) is 7.96. The minimum atomic E-state index is -0.469. The van der Waals surface area contributed by atoms with Crippen molar-refractivity contribution in [1.82, 2.24) is 24.5 Å². The Balaban J connectivity index is 1.20. The molecule has 2 aliphatic heterocycles. The van der Waals surface area contributed by atoms with Gasteiger partial charge in [-0.05, 0) is 57.2 Å². The van der Waals surface area contributed by atoms with Crippen LogP contribution in [0.25, 0.3) is 16.7 Å². The fourth-order valence-electron chi connectivity index (χ4n) is 5.16. The molecule has 9 nitrogen and oxygen atoms in total. The zero-order chi connectivity index (χ0) is 25.2. The van der Waals surface area contributed by atoms with Crippen LogP contribution in [0.4, 0.5) is 22.0 Å². The summed E-state index contributed by atoms with van der Waals surface area (Å²) in [5.74, 6) is 1.30. The minimum absolute atomic E-state index is 0.161. The molecule has 2 aromatic carbocycles. The van der Waals surface area contributed by atoms with Gasteiger partial charge >= 0.3 is 6.09 Å². The Morgan fingerprint density at radius 1 is 1.11 bits per heavy atom. The van der Waals surface area contributed by atoms with Crippen molar-refractivity contribution in [3.8, 4) is 0 Å². The molecule has 0 aliphatic carbocycles. The number of nitrogens with zero attached hydrogens (tertiary/aromatic N) is 7. The van der Waals surface area contributed by atoms with E-state index in [9.17, 15) is 4.79 Å². The summed E-state index contributed by atoms with van der Waals surface area (Å²) in [5.41, 5.74) is 2.76. The lowest BCUT2D eigenvalue weighted by molar-refractivity contribution is -0.0452. The Morgan fingerprint density at radius 2 is 1.89 bits per heavy atom. The Labute approximate surface area is 214 Å². The van der Waals surface area contributed by atoms with E-state index >= 15 is 0 Å². The average molecular weight is 506 g/mol. The van der Waals surface area contributed by atoms with Gasteiger partial charge in [0.15, 0.2) is 0 Å². The van der Waals surface area contributed by atoms with Gasteiger partial charge in [-0.15, -0.1) is 10.2 Å². The van der Waals surface area contributed by atoms with Gasteiger partial charge in [0.1, 0.15) is 17.7 Å². The predicted molar refractivity (Wildman–Crippen MR) is 140 cm³/mol.